The van der Waals surface area contributed by atoms with Crippen molar-refractivity contribution in [1.82, 2.24) is 0 Å². The van der Waals surface area contributed by atoms with Crippen LogP contribution in [-0.2, 0) is 11.2 Å². The Kier molecular flexibility index (Phi) is 9.22. The number of carbonyl (C=O) groups excluding carboxylic acids is 1. The first-order valence-electron chi connectivity index (χ1n) is 5.25. The minimum absolute atomic E-state index is 0. The van der Waals surface area contributed by atoms with Gasteiger partial charge < -0.3 is 20.7 Å². The van der Waals surface area contributed by atoms with Gasteiger partial charge in [0.05, 0.1) is 5.75 Å². The van der Waals surface area contributed by atoms with E-state index in [2.05, 4.69) is 6.07 Å². The topological polar surface area (TPSA) is 101 Å². The molecule has 4 N–H and O–H groups in total. The van der Waals surface area contributed by atoms with Crippen molar-refractivity contribution in [2.24, 2.45) is 5.73 Å². The zero-order chi connectivity index (χ0) is 14.4. The van der Waals surface area contributed by atoms with E-state index in [9.17, 15) is 14.0 Å². The summed E-state index contributed by atoms with van der Waals surface area (Å²) in [4.78, 5) is 21.4. The zero-order valence-corrected chi connectivity index (χ0v) is 15.3. The van der Waals surface area contributed by atoms with Crippen molar-refractivity contribution < 1.29 is 55.2 Å². The van der Waals surface area contributed by atoms with Crippen LogP contribution >= 0.6 is 11.8 Å². The first-order chi connectivity index (χ1) is 8.93. The van der Waals surface area contributed by atoms with E-state index in [1.165, 1.54) is 6.07 Å². The number of carboxylic acids is 1. The van der Waals surface area contributed by atoms with Crippen LogP contribution in [0, 0.1) is 43.0 Å². The quantitative estimate of drug-likeness (QED) is 0.348. The molecule has 0 saturated heterocycles. The molecule has 5 nitrogen and oxygen atoms in total. The molecule has 0 spiro atoms. The molecule has 0 heterocycles. The predicted octanol–water partition coefficient (Wildman–Crippen LogP) is 0.0227. The van der Waals surface area contributed by atoms with Gasteiger partial charge in [-0.05, 0) is 12.0 Å². The molecule has 9 heteroatoms. The number of carbonyl (C=O) groups is 2. The Hall–Kier alpha value is -0.483. The molecule has 1 radical (unpaired) electrons. The van der Waals surface area contributed by atoms with Crippen LogP contribution in [0.15, 0.2) is 12.1 Å². The van der Waals surface area contributed by atoms with E-state index >= 15 is 0 Å². The molecule has 1 aromatic carbocycles. The Balaban J connectivity index is 0.00000361. The van der Waals surface area contributed by atoms with E-state index in [1.807, 2.05) is 0 Å². The van der Waals surface area contributed by atoms with Crippen molar-refractivity contribution in [3.05, 3.63) is 35.1 Å². The smallest absolute Gasteiger partial charge is 0.301 e. The van der Waals surface area contributed by atoms with Crippen LogP contribution < -0.4 is 5.73 Å². The van der Waals surface area contributed by atoms with Gasteiger partial charge in [-0.15, -0.1) is 23.8 Å². The van der Waals surface area contributed by atoms with Gasteiger partial charge in [0.2, 0.25) is 11.9 Å². The van der Waals surface area contributed by atoms with Crippen molar-refractivity contribution in [2.45, 2.75) is 11.6 Å². The summed E-state index contributed by atoms with van der Waals surface area (Å²) < 4.78 is 13.2. The van der Waals surface area contributed by atoms with Crippen LogP contribution in [0.1, 0.15) is 15.9 Å². The maximum Gasteiger partial charge on any atom is 0.301 e. The fourth-order valence-corrected chi connectivity index (χ4v) is 2.12. The van der Waals surface area contributed by atoms with Crippen molar-refractivity contribution in [1.29, 1.82) is 0 Å². The summed E-state index contributed by atoms with van der Waals surface area (Å²) in [6, 6.07) is 4.84. The number of hydrogen-bond acceptors (Lipinski definition) is 4. The van der Waals surface area contributed by atoms with Crippen molar-refractivity contribution in [3.8, 4) is 0 Å². The second-order valence-corrected chi connectivity index (χ2v) is 4.91. The van der Waals surface area contributed by atoms with Gasteiger partial charge in [0, 0.05) is 42.1 Å². The summed E-state index contributed by atoms with van der Waals surface area (Å²) in [5.74, 6) is -2.78. The molecule has 0 aliphatic rings. The predicted molar refractivity (Wildman–Crippen MR) is 69.3 cm³/mol. The minimum atomic E-state index is -1.41. The van der Waals surface area contributed by atoms with Crippen LogP contribution in [-0.4, -0.2) is 40.4 Å². The number of thioether (sulfide) groups is 1. The Morgan fingerprint density at radius 3 is 2.65 bits per heavy atom. The first kappa shape index (κ1) is 19.5. The Morgan fingerprint density at radius 2 is 2.15 bits per heavy atom. The maximum absolute atomic E-state index is 13.2. The SMILES string of the molecule is NC(=O)CS[C@H]([B]O)Cc1[c-]c(C(=O)O)c(F)cc1.[U]. The van der Waals surface area contributed by atoms with Crippen LogP contribution in [0.25, 0.3) is 0 Å². The standard InChI is InChI=1S/C11H11BFNO4S.U/c13-8-2-1-6(3-7(8)11(16)17)4-9(12-18)19-5-10(14)15;/h1-2,9,18H,4-5H2,(H2,14,15)(H,16,17);/q-1;/t9-;/m0./s1. The fourth-order valence-electron chi connectivity index (χ4n) is 1.35. The third-order valence-electron chi connectivity index (χ3n) is 2.20. The number of hydrogen-bond donors (Lipinski definition) is 3. The normalized spacial score (nSPS) is 11.3. The Bertz CT molecular complexity index is 491. The van der Waals surface area contributed by atoms with Gasteiger partial charge in [0.15, 0.2) is 0 Å². The summed E-state index contributed by atoms with van der Waals surface area (Å²) in [5.41, 5.74) is 4.86. The number of nitrogens with two attached hydrogens (primary N) is 1. The van der Waals surface area contributed by atoms with E-state index in [1.54, 1.807) is 0 Å². The first-order valence-corrected chi connectivity index (χ1v) is 6.30. The van der Waals surface area contributed by atoms with Gasteiger partial charge in [-0.1, -0.05) is 0 Å². The summed E-state index contributed by atoms with van der Waals surface area (Å²) in [5, 5.41) is 17.3. The maximum atomic E-state index is 13.2. The molecule has 0 aliphatic heterocycles. The van der Waals surface area contributed by atoms with E-state index in [0.717, 1.165) is 25.3 Å². The zero-order valence-electron chi connectivity index (χ0n) is 10.3. The molecule has 1 amide bonds. The van der Waals surface area contributed by atoms with Gasteiger partial charge >= 0.3 is 7.48 Å². The van der Waals surface area contributed by atoms with Crippen LogP contribution in [0.4, 0.5) is 4.39 Å². The number of primary amides is 1. The minimum Gasteiger partial charge on any atom is -0.521 e. The molecule has 1 aromatic rings. The molecule has 0 unspecified atom stereocenters. The third-order valence-corrected chi connectivity index (χ3v) is 3.36. The van der Waals surface area contributed by atoms with Crippen molar-refractivity contribution >= 4 is 31.1 Å². The van der Waals surface area contributed by atoms with E-state index in [0.29, 0.717) is 5.56 Å². The molecule has 0 bridgehead atoms. The van der Waals surface area contributed by atoms with Crippen molar-refractivity contribution in [2.75, 3.05) is 5.75 Å². The average molecular weight is 521 g/mol. The number of carboxylic acid groups (broad SMARTS) is 1. The molecule has 1 atom stereocenters. The summed E-state index contributed by atoms with van der Waals surface area (Å²) in [7, 11) is 0.880. The molecular weight excluding hydrogens is 510 g/mol. The Labute approximate surface area is 144 Å². The van der Waals surface area contributed by atoms with E-state index in [4.69, 9.17) is 15.9 Å². The van der Waals surface area contributed by atoms with Gasteiger partial charge in [-0.3, -0.25) is 9.18 Å². The molecule has 0 aromatic heterocycles. The van der Waals surface area contributed by atoms with E-state index in [-0.39, 0.29) is 43.3 Å². The number of amides is 1. The number of benzene rings is 1. The summed E-state index contributed by atoms with van der Waals surface area (Å²) in [6.07, 6.45) is 0.217. The second kappa shape index (κ2) is 9.45. The van der Waals surface area contributed by atoms with Gasteiger partial charge in [0.25, 0.3) is 0 Å². The molecule has 20 heavy (non-hydrogen) atoms. The molecule has 1 rings (SSSR count). The molecule has 0 saturated carbocycles. The van der Waals surface area contributed by atoms with Gasteiger partial charge in [0.1, 0.15) is 0 Å². The van der Waals surface area contributed by atoms with Crippen LogP contribution in [0.5, 0.6) is 0 Å². The summed E-state index contributed by atoms with van der Waals surface area (Å²) in [6.45, 7) is 0. The van der Waals surface area contributed by atoms with Gasteiger partial charge in [-0.25, -0.2) is 0 Å². The van der Waals surface area contributed by atoms with Crippen LogP contribution in [0.3, 0.4) is 0 Å². The largest absolute Gasteiger partial charge is 0.521 e. The monoisotopic (exact) mass is 521 g/mol. The van der Waals surface area contributed by atoms with Crippen LogP contribution in [0.2, 0.25) is 0 Å². The number of aromatic carboxylic acids is 1. The molecule has 0 fully saturated rings. The summed E-state index contributed by atoms with van der Waals surface area (Å²) >= 11 is 1.10. The van der Waals surface area contributed by atoms with Gasteiger partial charge in [-0.2, -0.15) is 11.8 Å². The molecular formula is C11H11BFNO4SU-. The average Bonchev–Trinajstić information content (AvgIpc) is 2.35. The second-order valence-electron chi connectivity index (χ2n) is 3.68. The van der Waals surface area contributed by atoms with Crippen molar-refractivity contribution in [3.63, 3.8) is 0 Å². The number of halogens is 1. The van der Waals surface area contributed by atoms with E-state index < -0.39 is 28.4 Å². The number of rotatable bonds is 7. The molecule has 105 valence electrons. The third kappa shape index (κ3) is 6.31. The molecule has 0 aliphatic carbocycles. The Morgan fingerprint density at radius 1 is 1.50 bits per heavy atom. The fraction of sp³-hybridized carbons (Fsp3) is 0.273.